The van der Waals surface area contributed by atoms with Crippen LogP contribution in [0.25, 0.3) is 22.5 Å². The van der Waals surface area contributed by atoms with Crippen LogP contribution in [0.2, 0.25) is 0 Å². The van der Waals surface area contributed by atoms with Crippen LogP contribution in [0.3, 0.4) is 0 Å². The average molecular weight is 861 g/mol. The minimum Gasteiger partial charge on any atom is -0.496 e. The van der Waals surface area contributed by atoms with Gasteiger partial charge in [0.1, 0.15) is 48.8 Å². The lowest BCUT2D eigenvalue weighted by Gasteiger charge is -2.32. The summed E-state index contributed by atoms with van der Waals surface area (Å²) in [4.78, 5) is 80.1. The highest BCUT2D eigenvalue weighted by molar-refractivity contribution is 6.00. The minimum absolute atomic E-state index is 0.00921. The van der Waals surface area contributed by atoms with Gasteiger partial charge in [0.05, 0.1) is 24.4 Å². The number of hydrogen-bond acceptors (Lipinski definition) is 12. The zero-order valence-corrected chi connectivity index (χ0v) is 36.7. The number of methoxy groups -OCH3 is 1. The smallest absolute Gasteiger partial charge is 0.255 e. The van der Waals surface area contributed by atoms with Gasteiger partial charge in [-0.25, -0.2) is 9.97 Å². The summed E-state index contributed by atoms with van der Waals surface area (Å²) in [5, 5.41) is 19.8. The van der Waals surface area contributed by atoms with Crippen molar-refractivity contribution in [3.05, 3.63) is 94.8 Å². The van der Waals surface area contributed by atoms with Crippen LogP contribution in [0.4, 0.5) is 0 Å². The molecule has 4 aromatic rings. The SMILES string of the molecule is COc1ccc2cc1-c1cc(ccc1OCCN)C[C@@H](C(=O)NCC#N)NC(=O)[C@H](C)NC(=O)[C@H]2N(C)C(=O)C(CCN)NC(=O)c1cnc(-c2ccc(C(C)(C)C)cc2)nc1C. The van der Waals surface area contributed by atoms with Crippen LogP contribution >= 0.6 is 0 Å². The largest absolute Gasteiger partial charge is 0.496 e. The van der Waals surface area contributed by atoms with E-state index in [1.165, 1.54) is 32.2 Å². The third kappa shape index (κ3) is 11.3. The van der Waals surface area contributed by atoms with E-state index in [2.05, 4.69) is 52.0 Å². The molecule has 63 heavy (non-hydrogen) atoms. The standard InChI is InChI=1S/C46H56N10O7/c1-26-34(25-51-40(52-26)29-9-12-31(13-10-29)46(3,4)5)42(58)54-35(16-17-47)45(61)56(6)39-30-11-15-37(62-7)33(24-30)32-22-28(8-14-38(32)63-21-19-49)23-36(43(59)50-20-18-48)55-41(57)27(2)53-44(39)60/h8-15,22,24-25,27,35-36,39H,16-17,19-21,23,47,49H2,1-7H3,(H,50,59)(H,53,60)(H,54,58)(H,55,57)/t27-,35?,36-,39-/m0/s1. The van der Waals surface area contributed by atoms with E-state index in [9.17, 15) is 24.0 Å². The Hall–Kier alpha value is -6.90. The molecule has 4 bridgehead atoms. The maximum Gasteiger partial charge on any atom is 0.255 e. The van der Waals surface area contributed by atoms with E-state index < -0.39 is 53.7 Å². The Labute approximate surface area is 367 Å². The zero-order chi connectivity index (χ0) is 46.0. The van der Waals surface area contributed by atoms with E-state index in [0.717, 1.165) is 11.1 Å². The second-order valence-corrected chi connectivity index (χ2v) is 16.3. The Morgan fingerprint density at radius 1 is 0.984 bits per heavy atom. The van der Waals surface area contributed by atoms with E-state index in [0.29, 0.717) is 45.3 Å². The van der Waals surface area contributed by atoms with E-state index in [1.54, 1.807) is 43.3 Å². The number of nitrogens with one attached hydrogen (secondary N) is 4. The molecule has 0 saturated carbocycles. The molecule has 0 aliphatic carbocycles. The molecule has 5 amide bonds. The molecule has 2 heterocycles. The number of nitrogens with two attached hydrogens (primary N) is 2. The summed E-state index contributed by atoms with van der Waals surface area (Å²) in [6, 6.07) is 15.0. The molecule has 332 valence electrons. The number of fused-ring (bicyclic) bond motifs is 5. The molecule has 5 rings (SSSR count). The predicted octanol–water partition coefficient (Wildman–Crippen LogP) is 2.59. The molecular formula is C46H56N10O7. The number of carbonyl (C=O) groups excluding carboxylic acids is 5. The van der Waals surface area contributed by atoms with E-state index in [4.69, 9.17) is 26.2 Å². The molecule has 1 aromatic heterocycles. The molecule has 8 N–H and O–H groups in total. The molecule has 0 fully saturated rings. The van der Waals surface area contributed by atoms with Gasteiger partial charge in [-0.2, -0.15) is 5.26 Å². The number of rotatable bonds is 13. The second kappa shape index (κ2) is 20.8. The van der Waals surface area contributed by atoms with Gasteiger partial charge in [-0.15, -0.1) is 0 Å². The second-order valence-electron chi connectivity index (χ2n) is 16.3. The Kier molecular flexibility index (Phi) is 15.6. The maximum atomic E-state index is 14.6. The van der Waals surface area contributed by atoms with Gasteiger partial charge in [0.15, 0.2) is 5.82 Å². The molecule has 1 unspecified atom stereocenters. The molecule has 1 aliphatic heterocycles. The van der Waals surface area contributed by atoms with Crippen LogP contribution in [0.1, 0.15) is 72.9 Å². The van der Waals surface area contributed by atoms with Crippen molar-refractivity contribution in [2.75, 3.05) is 40.4 Å². The molecule has 1 aliphatic rings. The van der Waals surface area contributed by atoms with Gasteiger partial charge in [-0.3, -0.25) is 24.0 Å². The highest BCUT2D eigenvalue weighted by Gasteiger charge is 2.36. The van der Waals surface area contributed by atoms with Crippen LogP contribution in [0, 0.1) is 18.3 Å². The van der Waals surface area contributed by atoms with Crippen molar-refractivity contribution >= 4 is 29.5 Å². The number of amides is 5. The Bertz CT molecular complexity index is 2370. The lowest BCUT2D eigenvalue weighted by molar-refractivity contribution is -0.141. The number of aromatic nitrogens is 2. The predicted molar refractivity (Wildman–Crippen MR) is 236 cm³/mol. The minimum atomic E-state index is -1.38. The maximum absolute atomic E-state index is 14.6. The van der Waals surface area contributed by atoms with Gasteiger partial charge < -0.3 is 47.1 Å². The zero-order valence-electron chi connectivity index (χ0n) is 36.7. The number of nitriles is 1. The fraction of sp³-hybridized carbons (Fsp3) is 0.391. The van der Waals surface area contributed by atoms with Crippen LogP contribution in [0.15, 0.2) is 66.9 Å². The van der Waals surface area contributed by atoms with E-state index in [1.807, 2.05) is 30.3 Å². The molecule has 0 radical (unpaired) electrons. The first-order valence-electron chi connectivity index (χ1n) is 20.6. The first-order valence-corrected chi connectivity index (χ1v) is 20.6. The van der Waals surface area contributed by atoms with Crippen LogP contribution in [-0.4, -0.2) is 103 Å². The Morgan fingerprint density at radius 2 is 1.68 bits per heavy atom. The summed E-state index contributed by atoms with van der Waals surface area (Å²) >= 11 is 0. The van der Waals surface area contributed by atoms with Crippen molar-refractivity contribution in [3.8, 4) is 40.1 Å². The third-order valence-corrected chi connectivity index (χ3v) is 10.7. The molecule has 17 heteroatoms. The van der Waals surface area contributed by atoms with Gasteiger partial charge in [0.25, 0.3) is 5.91 Å². The van der Waals surface area contributed by atoms with Crippen molar-refractivity contribution in [3.63, 3.8) is 0 Å². The average Bonchev–Trinajstić information content (AvgIpc) is 3.26. The van der Waals surface area contributed by atoms with Gasteiger partial charge in [-0.05, 0) is 73.2 Å². The highest BCUT2D eigenvalue weighted by atomic mass is 16.5. The molecule has 4 atom stereocenters. The molecule has 17 nitrogen and oxygen atoms in total. The highest BCUT2D eigenvalue weighted by Crippen LogP contribution is 2.40. The lowest BCUT2D eigenvalue weighted by Crippen LogP contribution is -2.56. The first kappa shape index (κ1) is 47.2. The summed E-state index contributed by atoms with van der Waals surface area (Å²) in [5.41, 5.74) is 16.2. The first-order chi connectivity index (χ1) is 30.0. The lowest BCUT2D eigenvalue weighted by atomic mass is 9.87. The van der Waals surface area contributed by atoms with Gasteiger partial charge in [0, 0.05) is 42.9 Å². The summed E-state index contributed by atoms with van der Waals surface area (Å²) in [7, 11) is 2.90. The summed E-state index contributed by atoms with van der Waals surface area (Å²) in [5.74, 6) is -2.07. The molecule has 3 aromatic carbocycles. The number of benzene rings is 3. The number of carbonyl (C=O) groups is 5. The Morgan fingerprint density at radius 3 is 2.32 bits per heavy atom. The topological polar surface area (TPSA) is 257 Å². The van der Waals surface area contributed by atoms with Crippen molar-refractivity contribution in [2.45, 2.75) is 77.0 Å². The molecular weight excluding hydrogens is 805 g/mol. The van der Waals surface area contributed by atoms with E-state index >= 15 is 0 Å². The van der Waals surface area contributed by atoms with Crippen molar-refractivity contribution < 1.29 is 33.4 Å². The van der Waals surface area contributed by atoms with Crippen molar-refractivity contribution in [2.24, 2.45) is 11.5 Å². The number of nitrogens with zero attached hydrogens (tertiary/aromatic N) is 4. The quantitative estimate of drug-likeness (QED) is 0.106. The number of aryl methyl sites for hydroxylation is 1. The van der Waals surface area contributed by atoms with Gasteiger partial charge >= 0.3 is 0 Å². The normalized spacial score (nSPS) is 16.9. The van der Waals surface area contributed by atoms with Crippen LogP contribution in [-0.2, 0) is 31.0 Å². The Balaban J connectivity index is 1.53. The fourth-order valence-corrected chi connectivity index (χ4v) is 7.20. The number of ether oxygens (including phenoxy) is 2. The van der Waals surface area contributed by atoms with Gasteiger partial charge in [-0.1, -0.05) is 57.2 Å². The van der Waals surface area contributed by atoms with Crippen LogP contribution in [0.5, 0.6) is 11.5 Å². The summed E-state index contributed by atoms with van der Waals surface area (Å²) < 4.78 is 11.8. The number of hydrogen-bond donors (Lipinski definition) is 6. The number of likely N-dealkylation sites (N-methyl/N-ethyl adjacent to an activating group) is 1. The van der Waals surface area contributed by atoms with Crippen LogP contribution < -0.4 is 42.2 Å². The molecule has 0 saturated heterocycles. The van der Waals surface area contributed by atoms with E-state index in [-0.39, 0.29) is 50.1 Å². The van der Waals surface area contributed by atoms with Gasteiger partial charge in [0.2, 0.25) is 23.6 Å². The summed E-state index contributed by atoms with van der Waals surface area (Å²) in [6.45, 7) is 9.59. The van der Waals surface area contributed by atoms with Crippen molar-refractivity contribution in [1.29, 1.82) is 5.26 Å². The molecule has 0 spiro atoms. The fourth-order valence-electron chi connectivity index (χ4n) is 7.20. The van der Waals surface area contributed by atoms with Crippen molar-refractivity contribution in [1.82, 2.24) is 36.1 Å². The summed E-state index contributed by atoms with van der Waals surface area (Å²) in [6.07, 6.45) is 1.44. The monoisotopic (exact) mass is 860 g/mol. The third-order valence-electron chi connectivity index (χ3n) is 10.7.